The van der Waals surface area contributed by atoms with E-state index in [1.54, 1.807) is 6.79 Å². The Kier molecular flexibility index (Phi) is 2.89. The van der Waals surface area contributed by atoms with Crippen LogP contribution in [0, 0.1) is 18.6 Å². The highest BCUT2D eigenvalue weighted by molar-refractivity contribution is 4.81. The molecule has 0 heterocycles. The van der Waals surface area contributed by atoms with Gasteiger partial charge in [-0.1, -0.05) is 0 Å². The summed E-state index contributed by atoms with van der Waals surface area (Å²) in [6, 6.07) is 0. The fraction of sp³-hybridized carbons (Fsp3) is 0.909. The van der Waals surface area contributed by atoms with Gasteiger partial charge in [0.2, 0.25) is 6.79 Å². The van der Waals surface area contributed by atoms with E-state index in [2.05, 4.69) is 13.8 Å². The molecule has 2 atom stereocenters. The second-order valence-electron chi connectivity index (χ2n) is 4.45. The first-order valence-corrected chi connectivity index (χ1v) is 5.40. The van der Waals surface area contributed by atoms with E-state index in [0.29, 0.717) is 12.2 Å². The minimum Gasteiger partial charge on any atom is -0.345 e. The first-order chi connectivity index (χ1) is 6.27. The first kappa shape index (κ1) is 9.47. The van der Waals surface area contributed by atoms with Crippen LogP contribution in [0.15, 0.2) is 0 Å². The Hall–Kier alpha value is -0.0800. The number of hydrogen-bond acceptors (Lipinski definition) is 2. The maximum Gasteiger partial charge on any atom is 0.209 e. The van der Waals surface area contributed by atoms with Crippen LogP contribution in [0.25, 0.3) is 0 Å². The molecule has 0 aromatic heterocycles. The van der Waals surface area contributed by atoms with Gasteiger partial charge in [0.25, 0.3) is 0 Å². The third kappa shape index (κ3) is 2.96. The van der Waals surface area contributed by atoms with Crippen LogP contribution in [-0.4, -0.2) is 12.2 Å². The highest BCUT2D eigenvalue weighted by Crippen LogP contribution is 2.36. The van der Waals surface area contributed by atoms with Crippen molar-refractivity contribution in [3.8, 4) is 0 Å². The van der Waals surface area contributed by atoms with Crippen LogP contribution >= 0.6 is 0 Å². The third-order valence-electron chi connectivity index (χ3n) is 3.11. The SMILES string of the molecule is CC(O[CH]OC(C)C1CC1)C1CC1. The summed E-state index contributed by atoms with van der Waals surface area (Å²) in [6.07, 6.45) is 6.01. The van der Waals surface area contributed by atoms with Gasteiger partial charge in [-0.3, -0.25) is 0 Å². The van der Waals surface area contributed by atoms with Gasteiger partial charge in [-0.2, -0.15) is 0 Å². The molecule has 2 fully saturated rings. The maximum atomic E-state index is 5.47. The summed E-state index contributed by atoms with van der Waals surface area (Å²) >= 11 is 0. The summed E-state index contributed by atoms with van der Waals surface area (Å²) in [7, 11) is 0. The second-order valence-corrected chi connectivity index (χ2v) is 4.45. The lowest BCUT2D eigenvalue weighted by Gasteiger charge is -2.14. The van der Waals surface area contributed by atoms with E-state index in [0.717, 1.165) is 11.8 Å². The molecule has 0 aromatic carbocycles. The molecule has 0 aliphatic heterocycles. The normalized spacial score (nSPS) is 27.2. The summed E-state index contributed by atoms with van der Waals surface area (Å²) in [4.78, 5) is 0. The summed E-state index contributed by atoms with van der Waals surface area (Å²) in [5.41, 5.74) is 0. The quantitative estimate of drug-likeness (QED) is 0.630. The van der Waals surface area contributed by atoms with Gasteiger partial charge in [-0.25, -0.2) is 0 Å². The fourth-order valence-electron chi connectivity index (χ4n) is 1.56. The first-order valence-electron chi connectivity index (χ1n) is 5.40. The number of hydrogen-bond donors (Lipinski definition) is 0. The maximum absolute atomic E-state index is 5.47. The van der Waals surface area contributed by atoms with Gasteiger partial charge in [0.05, 0.1) is 12.2 Å². The largest absolute Gasteiger partial charge is 0.345 e. The lowest BCUT2D eigenvalue weighted by atomic mass is 10.3. The van der Waals surface area contributed by atoms with Crippen molar-refractivity contribution in [2.45, 2.75) is 51.7 Å². The van der Waals surface area contributed by atoms with Crippen molar-refractivity contribution >= 4 is 0 Å². The van der Waals surface area contributed by atoms with Crippen LogP contribution in [0.4, 0.5) is 0 Å². The third-order valence-corrected chi connectivity index (χ3v) is 3.11. The van der Waals surface area contributed by atoms with E-state index >= 15 is 0 Å². The van der Waals surface area contributed by atoms with E-state index in [4.69, 9.17) is 9.47 Å². The van der Waals surface area contributed by atoms with Crippen molar-refractivity contribution in [2.75, 3.05) is 0 Å². The minimum absolute atomic E-state index is 0.353. The lowest BCUT2D eigenvalue weighted by Crippen LogP contribution is -2.14. The summed E-state index contributed by atoms with van der Waals surface area (Å²) in [5, 5.41) is 0. The summed E-state index contributed by atoms with van der Waals surface area (Å²) in [5.74, 6) is 1.58. The topological polar surface area (TPSA) is 18.5 Å². The predicted molar refractivity (Wildman–Crippen MR) is 50.8 cm³/mol. The second kappa shape index (κ2) is 3.97. The van der Waals surface area contributed by atoms with Crippen LogP contribution in [0.2, 0.25) is 0 Å². The van der Waals surface area contributed by atoms with Gasteiger partial charge in [0, 0.05) is 0 Å². The molecule has 2 saturated carbocycles. The smallest absolute Gasteiger partial charge is 0.209 e. The Morgan fingerprint density at radius 1 is 0.923 bits per heavy atom. The van der Waals surface area contributed by atoms with E-state index in [-0.39, 0.29) is 0 Å². The molecule has 0 aromatic rings. The predicted octanol–water partition coefficient (Wildman–Crippen LogP) is 2.74. The molecular formula is C11H19O2. The molecule has 0 bridgehead atoms. The van der Waals surface area contributed by atoms with E-state index in [1.807, 2.05) is 0 Å². The zero-order valence-electron chi connectivity index (χ0n) is 8.53. The monoisotopic (exact) mass is 183 g/mol. The molecule has 2 aliphatic rings. The minimum atomic E-state index is 0.353. The highest BCUT2D eigenvalue weighted by atomic mass is 16.7. The Morgan fingerprint density at radius 2 is 1.31 bits per heavy atom. The molecule has 2 unspecified atom stereocenters. The molecule has 2 nitrogen and oxygen atoms in total. The average Bonchev–Trinajstić information content (AvgIpc) is 2.95. The van der Waals surface area contributed by atoms with E-state index in [9.17, 15) is 0 Å². The van der Waals surface area contributed by atoms with Crippen LogP contribution in [0.1, 0.15) is 39.5 Å². The van der Waals surface area contributed by atoms with E-state index in [1.165, 1.54) is 25.7 Å². The zero-order chi connectivity index (χ0) is 9.26. The molecule has 0 saturated heterocycles. The van der Waals surface area contributed by atoms with Crippen molar-refractivity contribution < 1.29 is 9.47 Å². The molecular weight excluding hydrogens is 164 g/mol. The molecule has 75 valence electrons. The van der Waals surface area contributed by atoms with Gasteiger partial charge in [-0.15, -0.1) is 0 Å². The Balaban J connectivity index is 1.51. The van der Waals surface area contributed by atoms with Crippen molar-refractivity contribution in [3.05, 3.63) is 6.79 Å². The van der Waals surface area contributed by atoms with Crippen molar-refractivity contribution in [1.82, 2.24) is 0 Å². The van der Waals surface area contributed by atoms with Crippen molar-refractivity contribution in [1.29, 1.82) is 0 Å². The molecule has 13 heavy (non-hydrogen) atoms. The Morgan fingerprint density at radius 3 is 1.62 bits per heavy atom. The van der Waals surface area contributed by atoms with Crippen LogP contribution < -0.4 is 0 Å². The molecule has 0 N–H and O–H groups in total. The number of rotatable bonds is 6. The fourth-order valence-corrected chi connectivity index (χ4v) is 1.56. The Labute approximate surface area is 80.6 Å². The van der Waals surface area contributed by atoms with Crippen LogP contribution in [0.3, 0.4) is 0 Å². The molecule has 1 radical (unpaired) electrons. The number of ether oxygens (including phenoxy) is 2. The van der Waals surface area contributed by atoms with Gasteiger partial charge in [-0.05, 0) is 51.4 Å². The summed E-state index contributed by atoms with van der Waals surface area (Å²) in [6.45, 7) is 5.81. The Bertz CT molecular complexity index is 143. The van der Waals surface area contributed by atoms with Gasteiger partial charge in [0.1, 0.15) is 0 Å². The van der Waals surface area contributed by atoms with Gasteiger partial charge < -0.3 is 9.47 Å². The average molecular weight is 183 g/mol. The van der Waals surface area contributed by atoms with Crippen molar-refractivity contribution in [2.24, 2.45) is 11.8 Å². The van der Waals surface area contributed by atoms with Gasteiger partial charge in [0.15, 0.2) is 0 Å². The summed E-state index contributed by atoms with van der Waals surface area (Å²) < 4.78 is 10.9. The molecule has 2 heteroatoms. The molecule has 2 rings (SSSR count). The molecule has 2 aliphatic carbocycles. The van der Waals surface area contributed by atoms with Gasteiger partial charge >= 0.3 is 0 Å². The molecule has 0 spiro atoms. The van der Waals surface area contributed by atoms with Crippen molar-refractivity contribution in [3.63, 3.8) is 0 Å². The standard InChI is InChI=1S/C11H19O2/c1-8(10-3-4-10)12-7-13-9(2)11-5-6-11/h7-11H,3-6H2,1-2H3. The lowest BCUT2D eigenvalue weighted by molar-refractivity contribution is -0.0536. The highest BCUT2D eigenvalue weighted by Gasteiger charge is 2.31. The molecule has 0 amide bonds. The zero-order valence-corrected chi connectivity index (χ0v) is 8.53. The van der Waals surface area contributed by atoms with E-state index < -0.39 is 0 Å². The van der Waals surface area contributed by atoms with Crippen LogP contribution in [0.5, 0.6) is 0 Å². The van der Waals surface area contributed by atoms with Crippen LogP contribution in [-0.2, 0) is 9.47 Å².